The number of hydrogen-bond acceptors (Lipinski definition) is 2. The van der Waals surface area contributed by atoms with Gasteiger partial charge in [-0.1, -0.05) is 13.8 Å². The van der Waals surface area contributed by atoms with E-state index in [2.05, 4.69) is 5.32 Å². The largest absolute Gasteiger partial charge is 0.392 e. The van der Waals surface area contributed by atoms with Crippen LogP contribution in [0.2, 0.25) is 0 Å². The minimum absolute atomic E-state index is 0.0469. The van der Waals surface area contributed by atoms with Crippen molar-refractivity contribution in [2.45, 2.75) is 32.9 Å². The Labute approximate surface area is 105 Å². The molecule has 0 amide bonds. The topological polar surface area (TPSA) is 32.3 Å². The lowest BCUT2D eigenvalue weighted by molar-refractivity contribution is 0.146. The first-order valence-electron chi connectivity index (χ1n) is 5.92. The van der Waals surface area contributed by atoms with Crippen LogP contribution in [0.25, 0.3) is 0 Å². The van der Waals surface area contributed by atoms with Gasteiger partial charge in [0.1, 0.15) is 5.82 Å². The van der Waals surface area contributed by atoms with Crippen molar-refractivity contribution < 1.29 is 18.3 Å². The second kappa shape index (κ2) is 6.75. The van der Waals surface area contributed by atoms with Gasteiger partial charge in [-0.2, -0.15) is 0 Å². The fraction of sp³-hybridized carbons (Fsp3) is 0.538. The predicted molar refractivity (Wildman–Crippen MR) is 63.5 cm³/mol. The fourth-order valence-corrected chi connectivity index (χ4v) is 1.70. The number of hydrogen-bond donors (Lipinski definition) is 2. The lowest BCUT2D eigenvalue weighted by Crippen LogP contribution is -2.27. The summed E-state index contributed by atoms with van der Waals surface area (Å²) in [6.45, 7) is 4.31. The summed E-state index contributed by atoms with van der Waals surface area (Å²) >= 11 is 0. The molecule has 1 aromatic rings. The van der Waals surface area contributed by atoms with Crippen molar-refractivity contribution in [3.63, 3.8) is 0 Å². The Morgan fingerprint density at radius 3 is 2.33 bits per heavy atom. The molecule has 1 unspecified atom stereocenters. The standard InChI is InChI=1S/C13H18F3NO/c1-8(2)3-10(18)7-17-6-9-4-12(15)13(16)5-11(9)14/h4-5,8,10,17-18H,3,6-7H2,1-2H3. The Kier molecular flexibility index (Phi) is 5.62. The number of aliphatic hydroxyl groups excluding tert-OH is 1. The first kappa shape index (κ1) is 15.0. The van der Waals surface area contributed by atoms with Crippen molar-refractivity contribution in [3.05, 3.63) is 35.1 Å². The summed E-state index contributed by atoms with van der Waals surface area (Å²) in [5, 5.41) is 12.4. The number of halogens is 3. The van der Waals surface area contributed by atoms with E-state index in [4.69, 9.17) is 0 Å². The molecule has 0 saturated carbocycles. The normalized spacial score (nSPS) is 13.1. The summed E-state index contributed by atoms with van der Waals surface area (Å²) in [6.07, 6.45) is 0.103. The third-order valence-electron chi connectivity index (χ3n) is 2.53. The van der Waals surface area contributed by atoms with E-state index in [-0.39, 0.29) is 18.7 Å². The van der Waals surface area contributed by atoms with Crippen LogP contribution in [0.5, 0.6) is 0 Å². The zero-order chi connectivity index (χ0) is 13.7. The van der Waals surface area contributed by atoms with Gasteiger partial charge in [0.05, 0.1) is 6.10 Å². The van der Waals surface area contributed by atoms with E-state index >= 15 is 0 Å². The van der Waals surface area contributed by atoms with Gasteiger partial charge in [-0.05, 0) is 18.4 Å². The van der Waals surface area contributed by atoms with E-state index < -0.39 is 23.6 Å². The van der Waals surface area contributed by atoms with E-state index in [9.17, 15) is 18.3 Å². The van der Waals surface area contributed by atoms with Gasteiger partial charge in [-0.25, -0.2) is 13.2 Å². The Morgan fingerprint density at radius 2 is 1.72 bits per heavy atom. The van der Waals surface area contributed by atoms with Crippen molar-refractivity contribution in [1.82, 2.24) is 5.32 Å². The third kappa shape index (κ3) is 4.66. The lowest BCUT2D eigenvalue weighted by atomic mass is 10.1. The molecule has 0 aliphatic heterocycles. The van der Waals surface area contributed by atoms with Gasteiger partial charge >= 0.3 is 0 Å². The molecule has 0 bridgehead atoms. The zero-order valence-corrected chi connectivity index (χ0v) is 10.5. The van der Waals surface area contributed by atoms with Gasteiger partial charge in [0, 0.05) is 24.7 Å². The summed E-state index contributed by atoms with van der Waals surface area (Å²) < 4.78 is 38.8. The molecule has 2 nitrogen and oxygen atoms in total. The molecular weight excluding hydrogens is 243 g/mol. The van der Waals surface area contributed by atoms with Gasteiger partial charge in [0.2, 0.25) is 0 Å². The van der Waals surface area contributed by atoms with Crippen molar-refractivity contribution in [2.75, 3.05) is 6.54 Å². The quantitative estimate of drug-likeness (QED) is 0.771. The third-order valence-corrected chi connectivity index (χ3v) is 2.53. The summed E-state index contributed by atoms with van der Waals surface area (Å²) in [4.78, 5) is 0. The van der Waals surface area contributed by atoms with Crippen molar-refractivity contribution in [3.8, 4) is 0 Å². The molecule has 0 saturated heterocycles. The minimum atomic E-state index is -1.20. The van der Waals surface area contributed by atoms with E-state index in [1.54, 1.807) is 0 Å². The van der Waals surface area contributed by atoms with Crippen molar-refractivity contribution in [2.24, 2.45) is 5.92 Å². The molecule has 0 aromatic heterocycles. The van der Waals surface area contributed by atoms with Crippen LogP contribution in [-0.2, 0) is 6.54 Å². The van der Waals surface area contributed by atoms with Crippen molar-refractivity contribution >= 4 is 0 Å². The van der Waals surface area contributed by atoms with Gasteiger partial charge < -0.3 is 10.4 Å². The van der Waals surface area contributed by atoms with Crippen LogP contribution < -0.4 is 5.32 Å². The van der Waals surface area contributed by atoms with Gasteiger partial charge in [-0.15, -0.1) is 0 Å². The molecule has 0 fully saturated rings. The Balaban J connectivity index is 2.47. The molecular formula is C13H18F3NO. The van der Waals surface area contributed by atoms with Crippen LogP contribution in [0.1, 0.15) is 25.8 Å². The maximum atomic E-state index is 13.3. The number of nitrogens with one attached hydrogen (secondary N) is 1. The number of rotatable bonds is 6. The molecule has 1 rings (SSSR count). The molecule has 0 heterocycles. The monoisotopic (exact) mass is 261 g/mol. The fourth-order valence-electron chi connectivity index (χ4n) is 1.70. The second-order valence-electron chi connectivity index (χ2n) is 4.77. The van der Waals surface area contributed by atoms with Crippen LogP contribution in [0.4, 0.5) is 13.2 Å². The highest BCUT2D eigenvalue weighted by Crippen LogP contribution is 2.13. The zero-order valence-electron chi connectivity index (χ0n) is 10.5. The Hall–Kier alpha value is -1.07. The SMILES string of the molecule is CC(C)CC(O)CNCc1cc(F)c(F)cc1F. The smallest absolute Gasteiger partial charge is 0.161 e. The predicted octanol–water partition coefficient (Wildman–Crippen LogP) is 2.60. The highest BCUT2D eigenvalue weighted by atomic mass is 19.2. The van der Waals surface area contributed by atoms with Gasteiger partial charge in [0.15, 0.2) is 11.6 Å². The van der Waals surface area contributed by atoms with E-state index in [1.807, 2.05) is 13.8 Å². The molecule has 0 spiro atoms. The average Bonchev–Trinajstić information content (AvgIpc) is 2.24. The molecule has 5 heteroatoms. The molecule has 0 radical (unpaired) electrons. The highest BCUT2D eigenvalue weighted by molar-refractivity contribution is 5.19. The minimum Gasteiger partial charge on any atom is -0.392 e. The Bertz CT molecular complexity index is 396. The Morgan fingerprint density at radius 1 is 1.11 bits per heavy atom. The molecule has 0 aliphatic carbocycles. The van der Waals surface area contributed by atoms with E-state index in [0.717, 1.165) is 6.07 Å². The van der Waals surface area contributed by atoms with E-state index in [1.165, 1.54) is 0 Å². The van der Waals surface area contributed by atoms with E-state index in [0.29, 0.717) is 18.4 Å². The first-order chi connectivity index (χ1) is 8.40. The molecule has 0 aliphatic rings. The molecule has 2 N–H and O–H groups in total. The maximum Gasteiger partial charge on any atom is 0.161 e. The van der Waals surface area contributed by atoms with Gasteiger partial charge in [0.25, 0.3) is 0 Å². The average molecular weight is 261 g/mol. The number of benzene rings is 1. The summed E-state index contributed by atoms with van der Waals surface area (Å²) in [5.41, 5.74) is 0.0469. The number of aliphatic hydroxyl groups is 1. The second-order valence-corrected chi connectivity index (χ2v) is 4.77. The first-order valence-corrected chi connectivity index (χ1v) is 5.92. The van der Waals surface area contributed by atoms with Crippen LogP contribution in [0.15, 0.2) is 12.1 Å². The summed E-state index contributed by atoms with van der Waals surface area (Å²) in [7, 11) is 0. The van der Waals surface area contributed by atoms with Crippen LogP contribution >= 0.6 is 0 Å². The molecule has 18 heavy (non-hydrogen) atoms. The van der Waals surface area contributed by atoms with Crippen LogP contribution in [0.3, 0.4) is 0 Å². The highest BCUT2D eigenvalue weighted by Gasteiger charge is 2.11. The van der Waals surface area contributed by atoms with Crippen LogP contribution in [-0.4, -0.2) is 17.8 Å². The lowest BCUT2D eigenvalue weighted by Gasteiger charge is -2.14. The molecule has 1 aromatic carbocycles. The van der Waals surface area contributed by atoms with Crippen molar-refractivity contribution in [1.29, 1.82) is 0 Å². The maximum absolute atomic E-state index is 13.3. The summed E-state index contributed by atoms with van der Waals surface area (Å²) in [6, 6.07) is 1.35. The van der Waals surface area contributed by atoms with Crippen LogP contribution in [0, 0.1) is 23.4 Å². The molecule has 102 valence electrons. The molecule has 1 atom stereocenters. The summed E-state index contributed by atoms with van der Waals surface area (Å²) in [5.74, 6) is -2.70. The van der Waals surface area contributed by atoms with Gasteiger partial charge in [-0.3, -0.25) is 0 Å².